The lowest BCUT2D eigenvalue weighted by Crippen LogP contribution is -2.56. The van der Waals surface area contributed by atoms with Crippen molar-refractivity contribution in [2.24, 2.45) is 0 Å². The van der Waals surface area contributed by atoms with Crippen molar-refractivity contribution < 1.29 is 14.4 Å². The lowest BCUT2D eigenvalue weighted by atomic mass is 10.1. The van der Waals surface area contributed by atoms with Crippen LogP contribution in [-0.2, 0) is 11.3 Å². The molecule has 158 valence electrons. The molecule has 1 aliphatic rings. The van der Waals surface area contributed by atoms with Gasteiger partial charge in [0.05, 0.1) is 6.04 Å². The third-order valence-electron chi connectivity index (χ3n) is 5.15. The van der Waals surface area contributed by atoms with Crippen molar-refractivity contribution in [1.82, 2.24) is 20.4 Å². The zero-order valence-corrected chi connectivity index (χ0v) is 17.6. The van der Waals surface area contributed by atoms with Gasteiger partial charge in [-0.25, -0.2) is 4.79 Å². The molecule has 0 bridgehead atoms. The van der Waals surface area contributed by atoms with Gasteiger partial charge in [0, 0.05) is 43.3 Å². The van der Waals surface area contributed by atoms with Crippen LogP contribution in [-0.4, -0.2) is 59.9 Å². The van der Waals surface area contributed by atoms with E-state index in [1.165, 1.54) is 0 Å². The van der Waals surface area contributed by atoms with Gasteiger partial charge in [0.2, 0.25) is 5.91 Å². The molecule has 1 atom stereocenters. The van der Waals surface area contributed by atoms with Gasteiger partial charge in [-0.1, -0.05) is 41.9 Å². The zero-order valence-electron chi connectivity index (χ0n) is 16.8. The standard InChI is InChI=1S/C22H25ClN4O3/c1-16(20(28)25-22(30)24-15-17-5-3-2-4-6-17)26-11-13-27(14-12-26)21(29)18-7-9-19(23)10-8-18/h2-10,16H,11-15H2,1H3,(H2,24,25,28,30)/t16-/m1/s1. The second-order valence-electron chi connectivity index (χ2n) is 7.17. The Labute approximate surface area is 181 Å². The van der Waals surface area contributed by atoms with E-state index in [2.05, 4.69) is 10.6 Å². The Hall–Kier alpha value is -2.90. The highest BCUT2D eigenvalue weighted by Gasteiger charge is 2.28. The average molecular weight is 429 g/mol. The van der Waals surface area contributed by atoms with E-state index < -0.39 is 12.1 Å². The van der Waals surface area contributed by atoms with Crippen LogP contribution in [0.1, 0.15) is 22.8 Å². The third kappa shape index (κ3) is 5.81. The Balaban J connectivity index is 1.44. The first kappa shape index (κ1) is 21.8. The number of piperazine rings is 1. The molecular formula is C22H25ClN4O3. The number of halogens is 1. The molecular weight excluding hydrogens is 404 g/mol. The highest BCUT2D eigenvalue weighted by atomic mass is 35.5. The predicted octanol–water partition coefficient (Wildman–Crippen LogP) is 2.51. The van der Waals surface area contributed by atoms with E-state index in [9.17, 15) is 14.4 Å². The van der Waals surface area contributed by atoms with Crippen LogP contribution in [0.25, 0.3) is 0 Å². The molecule has 0 aliphatic carbocycles. The maximum Gasteiger partial charge on any atom is 0.321 e. The summed E-state index contributed by atoms with van der Waals surface area (Å²) in [5.41, 5.74) is 1.54. The van der Waals surface area contributed by atoms with Crippen LogP contribution in [0.5, 0.6) is 0 Å². The number of carbonyl (C=O) groups excluding carboxylic acids is 3. The summed E-state index contributed by atoms with van der Waals surface area (Å²) in [6.45, 7) is 4.24. The van der Waals surface area contributed by atoms with E-state index in [-0.39, 0.29) is 11.8 Å². The van der Waals surface area contributed by atoms with Gasteiger partial charge < -0.3 is 10.2 Å². The third-order valence-corrected chi connectivity index (χ3v) is 5.40. The number of urea groups is 1. The summed E-state index contributed by atoms with van der Waals surface area (Å²) in [6, 6.07) is 15.3. The van der Waals surface area contributed by atoms with Crippen LogP contribution in [0.2, 0.25) is 5.02 Å². The second kappa shape index (κ2) is 10.2. The minimum absolute atomic E-state index is 0.0521. The van der Waals surface area contributed by atoms with E-state index >= 15 is 0 Å². The maximum absolute atomic E-state index is 12.6. The van der Waals surface area contributed by atoms with Crippen molar-refractivity contribution in [2.45, 2.75) is 19.5 Å². The monoisotopic (exact) mass is 428 g/mol. The Bertz CT molecular complexity index is 881. The van der Waals surface area contributed by atoms with Gasteiger partial charge >= 0.3 is 6.03 Å². The van der Waals surface area contributed by atoms with E-state index in [1.807, 2.05) is 35.2 Å². The molecule has 0 aromatic heterocycles. The van der Waals surface area contributed by atoms with Gasteiger partial charge in [0.1, 0.15) is 0 Å². The normalized spacial score (nSPS) is 15.3. The van der Waals surface area contributed by atoms with Crippen molar-refractivity contribution in [2.75, 3.05) is 26.2 Å². The molecule has 1 heterocycles. The topological polar surface area (TPSA) is 81.8 Å². The lowest BCUT2D eigenvalue weighted by molar-refractivity contribution is -0.125. The smallest absolute Gasteiger partial charge is 0.321 e. The predicted molar refractivity (Wildman–Crippen MR) is 115 cm³/mol. The first-order chi connectivity index (χ1) is 14.4. The summed E-state index contributed by atoms with van der Waals surface area (Å²) in [6.07, 6.45) is 0. The van der Waals surface area contributed by atoms with Crippen LogP contribution in [0.3, 0.4) is 0 Å². The van der Waals surface area contributed by atoms with Crippen molar-refractivity contribution >= 4 is 29.4 Å². The van der Waals surface area contributed by atoms with Crippen LogP contribution >= 0.6 is 11.6 Å². The van der Waals surface area contributed by atoms with Crippen molar-refractivity contribution in [3.05, 3.63) is 70.7 Å². The number of nitrogens with one attached hydrogen (secondary N) is 2. The quantitative estimate of drug-likeness (QED) is 0.766. The Morgan fingerprint density at radius 2 is 1.60 bits per heavy atom. The zero-order chi connectivity index (χ0) is 21.5. The molecule has 0 radical (unpaired) electrons. The molecule has 4 amide bonds. The van der Waals surface area contributed by atoms with Crippen molar-refractivity contribution in [1.29, 1.82) is 0 Å². The van der Waals surface area contributed by atoms with Crippen LogP contribution < -0.4 is 10.6 Å². The lowest BCUT2D eigenvalue weighted by Gasteiger charge is -2.37. The fraction of sp³-hybridized carbons (Fsp3) is 0.318. The number of nitrogens with zero attached hydrogens (tertiary/aromatic N) is 2. The van der Waals surface area contributed by atoms with Gasteiger partial charge in [-0.2, -0.15) is 0 Å². The van der Waals surface area contributed by atoms with E-state index in [4.69, 9.17) is 11.6 Å². The van der Waals surface area contributed by atoms with Gasteiger partial charge in [0.15, 0.2) is 0 Å². The Morgan fingerprint density at radius 3 is 2.23 bits per heavy atom. The maximum atomic E-state index is 12.6. The molecule has 1 saturated heterocycles. The molecule has 0 spiro atoms. The first-order valence-electron chi connectivity index (χ1n) is 9.85. The van der Waals surface area contributed by atoms with Gasteiger partial charge in [0.25, 0.3) is 5.91 Å². The number of amides is 4. The molecule has 7 nitrogen and oxygen atoms in total. The van der Waals surface area contributed by atoms with Gasteiger partial charge in [-0.05, 0) is 36.8 Å². The number of rotatable bonds is 5. The Morgan fingerprint density at radius 1 is 0.967 bits per heavy atom. The summed E-state index contributed by atoms with van der Waals surface area (Å²) in [5.74, 6) is -0.415. The highest BCUT2D eigenvalue weighted by Crippen LogP contribution is 2.14. The molecule has 2 aromatic rings. The van der Waals surface area contributed by atoms with Gasteiger partial charge in [-0.3, -0.25) is 19.8 Å². The molecule has 8 heteroatoms. The number of benzene rings is 2. The number of imide groups is 1. The summed E-state index contributed by atoms with van der Waals surface area (Å²) in [4.78, 5) is 40.8. The van der Waals surface area contributed by atoms with Crippen LogP contribution in [0, 0.1) is 0 Å². The number of hydrogen-bond donors (Lipinski definition) is 2. The highest BCUT2D eigenvalue weighted by molar-refractivity contribution is 6.30. The SMILES string of the molecule is C[C@H](C(=O)NC(=O)NCc1ccccc1)N1CCN(C(=O)c2ccc(Cl)cc2)CC1. The first-order valence-corrected chi connectivity index (χ1v) is 10.2. The number of carbonyl (C=O) groups is 3. The minimum atomic E-state index is -0.521. The molecule has 3 rings (SSSR count). The summed E-state index contributed by atoms with van der Waals surface area (Å²) >= 11 is 5.87. The molecule has 0 saturated carbocycles. The Kier molecular flexibility index (Phi) is 7.43. The van der Waals surface area contributed by atoms with Crippen LogP contribution in [0.4, 0.5) is 4.79 Å². The minimum Gasteiger partial charge on any atom is -0.336 e. The number of hydrogen-bond acceptors (Lipinski definition) is 4. The van der Waals surface area contributed by atoms with E-state index in [0.29, 0.717) is 43.3 Å². The molecule has 0 unspecified atom stereocenters. The second-order valence-corrected chi connectivity index (χ2v) is 7.60. The van der Waals surface area contributed by atoms with E-state index in [1.54, 1.807) is 36.1 Å². The molecule has 1 aliphatic heterocycles. The van der Waals surface area contributed by atoms with Gasteiger partial charge in [-0.15, -0.1) is 0 Å². The average Bonchev–Trinajstić information content (AvgIpc) is 2.78. The van der Waals surface area contributed by atoms with Crippen molar-refractivity contribution in [3.63, 3.8) is 0 Å². The fourth-order valence-corrected chi connectivity index (χ4v) is 3.42. The summed E-state index contributed by atoms with van der Waals surface area (Å²) in [5, 5.41) is 5.66. The molecule has 30 heavy (non-hydrogen) atoms. The molecule has 2 aromatic carbocycles. The van der Waals surface area contributed by atoms with Crippen LogP contribution in [0.15, 0.2) is 54.6 Å². The van der Waals surface area contributed by atoms with Crippen molar-refractivity contribution in [3.8, 4) is 0 Å². The largest absolute Gasteiger partial charge is 0.336 e. The summed E-state index contributed by atoms with van der Waals surface area (Å²) in [7, 11) is 0. The summed E-state index contributed by atoms with van der Waals surface area (Å²) < 4.78 is 0. The molecule has 2 N–H and O–H groups in total. The van der Waals surface area contributed by atoms with E-state index in [0.717, 1.165) is 5.56 Å². The molecule has 1 fully saturated rings. The fourth-order valence-electron chi connectivity index (χ4n) is 3.29.